The highest BCUT2D eigenvalue weighted by Gasteiger charge is 2.71. The molecule has 6 aromatic heterocycles. The van der Waals surface area contributed by atoms with Crippen LogP contribution >= 0.6 is 0 Å². The summed E-state index contributed by atoms with van der Waals surface area (Å²) < 4.78 is 6.92. The maximum atomic E-state index is 6.92. The summed E-state index contributed by atoms with van der Waals surface area (Å²) in [5.74, 6) is 1.44. The molecule has 0 aliphatic carbocycles. The lowest BCUT2D eigenvalue weighted by Gasteiger charge is -2.40. The molecule has 172 valence electrons. The van der Waals surface area contributed by atoms with Crippen LogP contribution in [0.5, 0.6) is 0 Å². The van der Waals surface area contributed by atoms with Crippen LogP contribution in [-0.2, 0) is 15.8 Å². The van der Waals surface area contributed by atoms with Crippen LogP contribution in [0.4, 0.5) is 0 Å². The highest BCUT2D eigenvalue weighted by atomic mass is 16.5. The molecule has 16 nitrogen and oxygen atoms in total. The van der Waals surface area contributed by atoms with E-state index in [1.807, 2.05) is 12.1 Å². The molecule has 0 amide bonds. The normalized spacial score (nSPS) is 22.1. The average molecular weight is 469 g/mol. The van der Waals surface area contributed by atoms with Crippen molar-refractivity contribution in [2.75, 3.05) is 0 Å². The SMILES string of the molecule is c1c[nH]c(C2(c3ncn[nH]3)C(c3cn[nH]n3)=C(c3ncc[nH]3)OC2(c2nn[nH]n2)c2ccn[nH]2)c1. The van der Waals surface area contributed by atoms with Crippen LogP contribution in [0.1, 0.15) is 34.6 Å². The van der Waals surface area contributed by atoms with E-state index in [4.69, 9.17) is 4.74 Å². The molecule has 2 unspecified atom stereocenters. The van der Waals surface area contributed by atoms with Gasteiger partial charge in [0.2, 0.25) is 11.4 Å². The third kappa shape index (κ3) is 2.36. The Balaban J connectivity index is 1.72. The molecule has 0 aromatic carbocycles. The molecule has 0 fully saturated rings. The van der Waals surface area contributed by atoms with Crippen molar-refractivity contribution >= 4 is 11.3 Å². The molecule has 6 N–H and O–H groups in total. The molecule has 2 atom stereocenters. The topological polar surface area (TPSA) is 220 Å². The average Bonchev–Trinajstić information content (AvgIpc) is 3.71. The Bertz CT molecular complexity index is 1480. The van der Waals surface area contributed by atoms with Gasteiger partial charge in [-0.2, -0.15) is 30.8 Å². The first-order chi connectivity index (χ1) is 17.4. The van der Waals surface area contributed by atoms with Gasteiger partial charge >= 0.3 is 0 Å². The van der Waals surface area contributed by atoms with Crippen LogP contribution in [-0.4, -0.2) is 76.4 Å². The van der Waals surface area contributed by atoms with Gasteiger partial charge in [0.05, 0.1) is 17.5 Å². The molecular weight excluding hydrogens is 454 g/mol. The van der Waals surface area contributed by atoms with Crippen molar-refractivity contribution < 1.29 is 4.74 Å². The summed E-state index contributed by atoms with van der Waals surface area (Å²) in [6, 6.07) is 5.55. The van der Waals surface area contributed by atoms with Gasteiger partial charge < -0.3 is 14.7 Å². The lowest BCUT2D eigenvalue weighted by Crippen LogP contribution is -2.51. The molecule has 0 spiro atoms. The highest BCUT2D eigenvalue weighted by Crippen LogP contribution is 2.64. The van der Waals surface area contributed by atoms with E-state index in [-0.39, 0.29) is 5.82 Å². The zero-order valence-corrected chi connectivity index (χ0v) is 17.6. The number of nitrogens with zero attached hydrogens (tertiary/aromatic N) is 9. The molecular formula is C19H15N15O. The molecule has 7 heterocycles. The molecule has 6 aromatic rings. The van der Waals surface area contributed by atoms with Gasteiger partial charge in [-0.05, 0) is 23.4 Å². The summed E-state index contributed by atoms with van der Waals surface area (Å²) in [5.41, 5.74) is -0.618. The van der Waals surface area contributed by atoms with E-state index < -0.39 is 11.0 Å². The van der Waals surface area contributed by atoms with E-state index >= 15 is 0 Å². The van der Waals surface area contributed by atoms with E-state index in [9.17, 15) is 0 Å². The molecule has 0 saturated heterocycles. The van der Waals surface area contributed by atoms with Gasteiger partial charge in [-0.15, -0.1) is 10.2 Å². The Kier molecular flexibility index (Phi) is 3.84. The number of tetrazole rings is 1. The number of H-pyrrole nitrogens is 6. The number of rotatable bonds is 6. The smallest absolute Gasteiger partial charge is 0.235 e. The lowest BCUT2D eigenvalue weighted by molar-refractivity contribution is 0.0380. The minimum atomic E-state index is -1.53. The van der Waals surface area contributed by atoms with Crippen LogP contribution in [0.25, 0.3) is 11.3 Å². The van der Waals surface area contributed by atoms with Crippen LogP contribution in [0.15, 0.2) is 55.5 Å². The number of nitrogens with one attached hydrogen (secondary N) is 6. The van der Waals surface area contributed by atoms with Gasteiger partial charge in [-0.3, -0.25) is 10.2 Å². The van der Waals surface area contributed by atoms with Gasteiger partial charge in [-0.1, -0.05) is 0 Å². The Hall–Kier alpha value is -5.41. The summed E-state index contributed by atoms with van der Waals surface area (Å²) >= 11 is 0. The fraction of sp³-hybridized carbons (Fsp3) is 0.105. The number of hydrogen-bond acceptors (Lipinski definition) is 10. The van der Waals surface area contributed by atoms with E-state index in [1.54, 1.807) is 37.1 Å². The fourth-order valence-electron chi connectivity index (χ4n) is 4.85. The Morgan fingerprint density at radius 2 is 1.86 bits per heavy atom. The van der Waals surface area contributed by atoms with Crippen molar-refractivity contribution in [1.82, 2.24) is 76.4 Å². The van der Waals surface area contributed by atoms with Crippen molar-refractivity contribution in [2.24, 2.45) is 0 Å². The van der Waals surface area contributed by atoms with Gasteiger partial charge in [0.1, 0.15) is 17.8 Å². The molecule has 1 aliphatic rings. The van der Waals surface area contributed by atoms with Crippen LogP contribution in [0.3, 0.4) is 0 Å². The molecule has 0 bridgehead atoms. The van der Waals surface area contributed by atoms with Crippen molar-refractivity contribution in [2.45, 2.75) is 11.0 Å². The second-order valence-corrected chi connectivity index (χ2v) is 7.65. The molecule has 0 radical (unpaired) electrons. The number of aromatic nitrogens is 15. The first-order valence-corrected chi connectivity index (χ1v) is 10.4. The van der Waals surface area contributed by atoms with Crippen molar-refractivity contribution in [1.29, 1.82) is 0 Å². The standard InChI is InChI=1S/C19H15N15O/c1-2-11(20-4-1)18(16-23-9-26-29-16)13(10-8-25-32-27-10)14(15-21-6-7-22-15)35-19(18,12-3-5-24-28-12)17-30-33-34-31-17/h1-9,20H,(H,21,22)(H,24,28)(H,23,26,29)(H,25,27,32)(H,30,31,33,34). The summed E-state index contributed by atoms with van der Waals surface area (Å²) in [6.45, 7) is 0. The minimum Gasteiger partial charge on any atom is -0.466 e. The summed E-state index contributed by atoms with van der Waals surface area (Å²) in [6.07, 6.45) is 9.74. The van der Waals surface area contributed by atoms with E-state index in [1.165, 1.54) is 6.33 Å². The Labute approximate surface area is 194 Å². The number of hydrogen-bond donors (Lipinski definition) is 6. The predicted molar refractivity (Wildman–Crippen MR) is 114 cm³/mol. The third-order valence-corrected chi connectivity index (χ3v) is 6.08. The molecule has 35 heavy (non-hydrogen) atoms. The Morgan fingerprint density at radius 3 is 2.51 bits per heavy atom. The van der Waals surface area contributed by atoms with Crippen LogP contribution < -0.4 is 0 Å². The van der Waals surface area contributed by atoms with Gasteiger partial charge in [-0.25, -0.2) is 9.97 Å². The maximum Gasteiger partial charge on any atom is 0.235 e. The van der Waals surface area contributed by atoms with E-state index in [2.05, 4.69) is 76.4 Å². The second-order valence-electron chi connectivity index (χ2n) is 7.65. The zero-order valence-electron chi connectivity index (χ0n) is 17.6. The monoisotopic (exact) mass is 469 g/mol. The van der Waals surface area contributed by atoms with Gasteiger partial charge in [0, 0.05) is 30.5 Å². The number of aromatic amines is 6. The predicted octanol–water partition coefficient (Wildman–Crippen LogP) is 0.0388. The van der Waals surface area contributed by atoms with Crippen molar-refractivity contribution in [3.63, 3.8) is 0 Å². The van der Waals surface area contributed by atoms with Crippen molar-refractivity contribution in [3.8, 4) is 0 Å². The lowest BCUT2D eigenvalue weighted by atomic mass is 9.62. The number of ether oxygens (including phenoxy) is 1. The quantitative estimate of drug-likeness (QED) is 0.192. The van der Waals surface area contributed by atoms with E-state index in [0.29, 0.717) is 40.1 Å². The molecule has 1 aliphatic heterocycles. The van der Waals surface area contributed by atoms with Crippen LogP contribution in [0.2, 0.25) is 0 Å². The van der Waals surface area contributed by atoms with E-state index in [0.717, 1.165) is 0 Å². The fourth-order valence-corrected chi connectivity index (χ4v) is 4.85. The minimum absolute atomic E-state index is 0.204. The summed E-state index contributed by atoms with van der Waals surface area (Å²) in [7, 11) is 0. The first kappa shape index (κ1) is 19.1. The third-order valence-electron chi connectivity index (χ3n) is 6.08. The molecule has 0 saturated carbocycles. The van der Waals surface area contributed by atoms with Crippen molar-refractivity contribution in [3.05, 3.63) is 90.1 Å². The summed E-state index contributed by atoms with van der Waals surface area (Å²) in [4.78, 5) is 15.5. The molecule has 7 rings (SSSR count). The Morgan fingerprint density at radius 1 is 0.857 bits per heavy atom. The largest absolute Gasteiger partial charge is 0.466 e. The maximum absolute atomic E-state index is 6.92. The van der Waals surface area contributed by atoms with Crippen LogP contribution in [0, 0.1) is 0 Å². The molecule has 16 heteroatoms. The number of imidazole rings is 1. The summed E-state index contributed by atoms with van der Waals surface area (Å²) in [5, 5.41) is 40.8. The zero-order chi connectivity index (χ0) is 23.3. The highest BCUT2D eigenvalue weighted by molar-refractivity contribution is 5.96. The first-order valence-electron chi connectivity index (χ1n) is 10.4. The second kappa shape index (κ2) is 7.04. The van der Waals surface area contributed by atoms with Gasteiger partial charge in [0.25, 0.3) is 0 Å². The van der Waals surface area contributed by atoms with Gasteiger partial charge in [0.15, 0.2) is 17.0 Å².